The van der Waals surface area contributed by atoms with Crippen LogP contribution in [0.25, 0.3) is 0 Å². The van der Waals surface area contributed by atoms with Crippen LogP contribution in [0.2, 0.25) is 0 Å². The Bertz CT molecular complexity index is 881. The van der Waals surface area contributed by atoms with Crippen LogP contribution in [-0.2, 0) is 9.59 Å². The van der Waals surface area contributed by atoms with Crippen LogP contribution in [0.15, 0.2) is 53.0 Å². The van der Waals surface area contributed by atoms with Crippen molar-refractivity contribution in [2.24, 2.45) is 0 Å². The predicted octanol–water partition coefficient (Wildman–Crippen LogP) is 3.57. The molecule has 7 heteroatoms. The Morgan fingerprint density at radius 3 is 2.38 bits per heavy atom. The van der Waals surface area contributed by atoms with Crippen molar-refractivity contribution < 1.29 is 14.4 Å². The van der Waals surface area contributed by atoms with Gasteiger partial charge in [-0.2, -0.15) is 0 Å². The van der Waals surface area contributed by atoms with Crippen molar-refractivity contribution in [2.75, 3.05) is 18.0 Å². The average molecular weight is 458 g/mol. The molecule has 0 unspecified atom stereocenters. The first-order chi connectivity index (χ1) is 14.0. The summed E-state index contributed by atoms with van der Waals surface area (Å²) in [6.45, 7) is 2.61. The molecule has 2 aromatic rings. The summed E-state index contributed by atoms with van der Waals surface area (Å²) in [4.78, 5) is 38.1. The van der Waals surface area contributed by atoms with Crippen molar-refractivity contribution in [2.45, 2.75) is 32.2 Å². The van der Waals surface area contributed by atoms with Crippen LogP contribution in [0.5, 0.6) is 0 Å². The third-order valence-corrected chi connectivity index (χ3v) is 5.47. The molecule has 1 heterocycles. The summed E-state index contributed by atoms with van der Waals surface area (Å²) >= 11 is 3.40. The number of amides is 3. The number of carbonyl (C=O) groups excluding carboxylic acids is 3. The van der Waals surface area contributed by atoms with E-state index in [-0.39, 0.29) is 30.3 Å². The Kier molecular flexibility index (Phi) is 7.04. The van der Waals surface area contributed by atoms with Gasteiger partial charge >= 0.3 is 0 Å². The Morgan fingerprint density at radius 1 is 1.10 bits per heavy atom. The van der Waals surface area contributed by atoms with Gasteiger partial charge in [0.2, 0.25) is 11.8 Å². The second kappa shape index (κ2) is 9.69. The second-order valence-electron chi connectivity index (χ2n) is 6.96. The van der Waals surface area contributed by atoms with Crippen LogP contribution in [0.3, 0.4) is 0 Å². The maximum atomic E-state index is 12.3. The fourth-order valence-corrected chi connectivity index (χ4v) is 3.60. The van der Waals surface area contributed by atoms with Gasteiger partial charge in [-0.25, -0.2) is 0 Å². The van der Waals surface area contributed by atoms with Gasteiger partial charge < -0.3 is 15.5 Å². The molecular weight excluding hydrogens is 434 g/mol. The zero-order valence-corrected chi connectivity index (χ0v) is 17.9. The van der Waals surface area contributed by atoms with Crippen LogP contribution in [0.1, 0.15) is 48.1 Å². The number of halogens is 1. The third-order valence-electron chi connectivity index (χ3n) is 4.94. The van der Waals surface area contributed by atoms with E-state index in [1.165, 1.54) is 0 Å². The molecule has 1 atom stereocenters. The Balaban J connectivity index is 1.52. The summed E-state index contributed by atoms with van der Waals surface area (Å²) in [7, 11) is 0. The molecule has 152 valence electrons. The first kappa shape index (κ1) is 21.0. The molecule has 1 aliphatic rings. The zero-order valence-electron chi connectivity index (χ0n) is 16.3. The third kappa shape index (κ3) is 5.44. The smallest absolute Gasteiger partial charge is 0.251 e. The van der Waals surface area contributed by atoms with Gasteiger partial charge in [0.15, 0.2) is 0 Å². The van der Waals surface area contributed by atoms with E-state index in [0.717, 1.165) is 28.6 Å². The summed E-state index contributed by atoms with van der Waals surface area (Å²) in [6.07, 6.45) is 2.17. The molecule has 29 heavy (non-hydrogen) atoms. The van der Waals surface area contributed by atoms with Crippen LogP contribution >= 0.6 is 15.9 Å². The Morgan fingerprint density at radius 2 is 1.79 bits per heavy atom. The lowest BCUT2D eigenvalue weighted by Gasteiger charge is -2.18. The van der Waals surface area contributed by atoms with Gasteiger partial charge in [-0.1, -0.05) is 35.0 Å². The van der Waals surface area contributed by atoms with Crippen molar-refractivity contribution in [1.29, 1.82) is 0 Å². The molecule has 1 aliphatic heterocycles. The maximum Gasteiger partial charge on any atom is 0.251 e. The topological polar surface area (TPSA) is 78.5 Å². The van der Waals surface area contributed by atoms with Gasteiger partial charge in [0.05, 0.1) is 12.6 Å². The number of nitrogens with zero attached hydrogens (tertiary/aromatic N) is 1. The van der Waals surface area contributed by atoms with E-state index < -0.39 is 0 Å². The predicted molar refractivity (Wildman–Crippen MR) is 116 cm³/mol. The molecule has 0 bridgehead atoms. The van der Waals surface area contributed by atoms with E-state index in [1.807, 2.05) is 31.2 Å². The minimum absolute atomic E-state index is 0.0990. The largest absolute Gasteiger partial charge is 0.348 e. The number of hydrogen-bond acceptors (Lipinski definition) is 3. The standard InChI is InChI=1S/C22H24BrN3O3/c1-2-19(15-5-9-17(23)10-6-15)25-20(27)14-24-22(29)16-7-11-18(12-8-16)26-13-3-4-21(26)28/h5-12,19H,2-4,13-14H2,1H3,(H,24,29)(H,25,27)/t19-/m1/s1. The molecule has 6 nitrogen and oxygen atoms in total. The van der Waals surface area contributed by atoms with Crippen LogP contribution < -0.4 is 15.5 Å². The van der Waals surface area contributed by atoms with Crippen molar-refractivity contribution in [3.63, 3.8) is 0 Å². The molecule has 1 saturated heterocycles. The van der Waals surface area contributed by atoms with Gasteiger partial charge in [0, 0.05) is 28.7 Å². The van der Waals surface area contributed by atoms with Crippen LogP contribution in [0, 0.1) is 0 Å². The van der Waals surface area contributed by atoms with E-state index in [9.17, 15) is 14.4 Å². The Labute approximate surface area is 178 Å². The molecule has 1 fully saturated rings. The lowest BCUT2D eigenvalue weighted by Crippen LogP contribution is -2.38. The van der Waals surface area contributed by atoms with Gasteiger partial charge in [-0.05, 0) is 54.8 Å². The van der Waals surface area contributed by atoms with E-state index in [4.69, 9.17) is 0 Å². The van der Waals surface area contributed by atoms with Crippen molar-refractivity contribution >= 4 is 39.3 Å². The molecule has 3 amide bonds. The lowest BCUT2D eigenvalue weighted by molar-refractivity contribution is -0.121. The highest BCUT2D eigenvalue weighted by Crippen LogP contribution is 2.22. The van der Waals surface area contributed by atoms with E-state index in [2.05, 4.69) is 26.6 Å². The molecule has 3 rings (SSSR count). The number of carbonyl (C=O) groups is 3. The molecule has 0 saturated carbocycles. The van der Waals surface area contributed by atoms with Crippen LogP contribution in [0.4, 0.5) is 5.69 Å². The monoisotopic (exact) mass is 457 g/mol. The molecule has 0 spiro atoms. The van der Waals surface area contributed by atoms with E-state index in [1.54, 1.807) is 29.2 Å². The fourth-order valence-electron chi connectivity index (χ4n) is 3.34. The molecule has 0 radical (unpaired) electrons. The summed E-state index contributed by atoms with van der Waals surface area (Å²) < 4.78 is 0.981. The highest BCUT2D eigenvalue weighted by Gasteiger charge is 2.21. The number of nitrogens with one attached hydrogen (secondary N) is 2. The van der Waals surface area contributed by atoms with Gasteiger partial charge in [-0.3, -0.25) is 14.4 Å². The number of benzene rings is 2. The highest BCUT2D eigenvalue weighted by atomic mass is 79.9. The molecule has 0 aliphatic carbocycles. The first-order valence-electron chi connectivity index (χ1n) is 9.71. The number of rotatable bonds is 7. The molecular formula is C22H24BrN3O3. The minimum atomic E-state index is -0.323. The van der Waals surface area contributed by atoms with Gasteiger partial charge in [-0.15, -0.1) is 0 Å². The molecule has 2 N–H and O–H groups in total. The SMILES string of the molecule is CC[C@@H](NC(=O)CNC(=O)c1ccc(N2CCCC2=O)cc1)c1ccc(Br)cc1. The van der Waals surface area contributed by atoms with Crippen molar-refractivity contribution in [1.82, 2.24) is 10.6 Å². The average Bonchev–Trinajstić information content (AvgIpc) is 3.17. The fraction of sp³-hybridized carbons (Fsp3) is 0.318. The zero-order chi connectivity index (χ0) is 20.8. The first-order valence-corrected chi connectivity index (χ1v) is 10.5. The second-order valence-corrected chi connectivity index (χ2v) is 7.87. The highest BCUT2D eigenvalue weighted by molar-refractivity contribution is 9.10. The Hall–Kier alpha value is -2.67. The minimum Gasteiger partial charge on any atom is -0.348 e. The van der Waals surface area contributed by atoms with Crippen molar-refractivity contribution in [3.05, 3.63) is 64.1 Å². The maximum absolute atomic E-state index is 12.3. The molecule has 0 aromatic heterocycles. The van der Waals surface area contributed by atoms with E-state index >= 15 is 0 Å². The summed E-state index contributed by atoms with van der Waals surface area (Å²) in [6, 6.07) is 14.6. The summed E-state index contributed by atoms with van der Waals surface area (Å²) in [5, 5.41) is 5.59. The lowest BCUT2D eigenvalue weighted by atomic mass is 10.0. The van der Waals surface area contributed by atoms with Crippen molar-refractivity contribution in [3.8, 4) is 0 Å². The van der Waals surface area contributed by atoms with Gasteiger partial charge in [0.25, 0.3) is 5.91 Å². The number of hydrogen-bond donors (Lipinski definition) is 2. The normalized spacial score (nSPS) is 14.6. The van der Waals surface area contributed by atoms with Crippen LogP contribution in [-0.4, -0.2) is 30.8 Å². The van der Waals surface area contributed by atoms with E-state index in [0.29, 0.717) is 18.5 Å². The molecule has 2 aromatic carbocycles. The van der Waals surface area contributed by atoms with Gasteiger partial charge in [0.1, 0.15) is 0 Å². The summed E-state index contributed by atoms with van der Waals surface area (Å²) in [5.41, 5.74) is 2.26. The summed E-state index contributed by atoms with van der Waals surface area (Å²) in [5.74, 6) is -0.460. The number of anilines is 1. The quantitative estimate of drug-likeness (QED) is 0.666.